The zero-order valence-corrected chi connectivity index (χ0v) is 32.9. The summed E-state index contributed by atoms with van der Waals surface area (Å²) in [4.78, 5) is 9.15. The zero-order chi connectivity index (χ0) is 35.6. The molecule has 0 bridgehead atoms. The molecule has 0 aliphatic rings. The number of nitrogens with zero attached hydrogens (tertiary/aromatic N) is 2. The smallest absolute Gasteiger partial charge is 0.124 e. The van der Waals surface area contributed by atoms with E-state index in [0.717, 1.165) is 61.1 Å². The second-order valence-electron chi connectivity index (χ2n) is 13.7. The number of hydrogen-bond acceptors (Lipinski definition) is 3. The van der Waals surface area contributed by atoms with Crippen molar-refractivity contribution in [2.24, 2.45) is 0 Å². The Morgan fingerprint density at radius 2 is 1.43 bits per heavy atom. The summed E-state index contributed by atoms with van der Waals surface area (Å²) in [7, 11) is -1.29. The van der Waals surface area contributed by atoms with Gasteiger partial charge < -0.3 is 14.4 Å². The van der Waals surface area contributed by atoms with Gasteiger partial charge in [-0.1, -0.05) is 142 Å². The van der Waals surface area contributed by atoms with E-state index in [4.69, 9.17) is 5.79 Å². The number of aromatic nitrogens is 2. The predicted molar refractivity (Wildman–Crippen MR) is 212 cm³/mol. The summed E-state index contributed by atoms with van der Waals surface area (Å²) in [5, 5.41) is 3.53. The van der Waals surface area contributed by atoms with E-state index in [9.17, 15) is 0 Å². The second-order valence-corrected chi connectivity index (χ2v) is 18.8. The Kier molecular flexibility index (Phi) is 10.5. The Labute approximate surface area is 317 Å². The number of hydrogen-bond donors (Lipinski definition) is 0. The van der Waals surface area contributed by atoms with Gasteiger partial charge in [0.25, 0.3) is 0 Å². The van der Waals surface area contributed by atoms with E-state index in [-0.39, 0.29) is 20.1 Å². The minimum absolute atomic E-state index is 0. The summed E-state index contributed by atoms with van der Waals surface area (Å²) in [5.74, 6) is -0.675. The molecule has 0 saturated heterocycles. The number of rotatable bonds is 6. The first-order chi connectivity index (χ1) is 24.5. The van der Waals surface area contributed by atoms with Crippen LogP contribution in [0.5, 0.6) is 0 Å². The fraction of sp³-hybridized carbons (Fsp3) is 0.130. The van der Waals surface area contributed by atoms with Crippen molar-refractivity contribution in [1.29, 1.82) is 0 Å². The molecule has 8 aromatic rings. The first kappa shape index (κ1) is 34.5. The molecule has 3 nitrogen and oxygen atoms in total. The summed E-state index contributed by atoms with van der Waals surface area (Å²) in [6, 6.07) is 52.1. The monoisotopic (exact) mass is 858 g/mol. The van der Waals surface area contributed by atoms with Crippen LogP contribution in [0.2, 0.25) is 19.6 Å². The normalized spacial score (nSPS) is 11.7. The third kappa shape index (κ3) is 8.02. The Hall–Kier alpha value is -4.93. The molecule has 1 radical (unpaired) electrons. The summed E-state index contributed by atoms with van der Waals surface area (Å²) in [5.41, 5.74) is 10.9. The van der Waals surface area contributed by atoms with Crippen molar-refractivity contribution >= 4 is 35.2 Å². The van der Waals surface area contributed by atoms with E-state index < -0.39 is 14.0 Å². The maximum absolute atomic E-state index is 8.29. The van der Waals surface area contributed by atoms with Gasteiger partial charge in [0.1, 0.15) is 5.58 Å². The van der Waals surface area contributed by atoms with E-state index >= 15 is 0 Å². The van der Waals surface area contributed by atoms with E-state index in [1.165, 1.54) is 16.3 Å². The van der Waals surface area contributed by atoms with Crippen LogP contribution in [-0.2, 0) is 20.1 Å². The van der Waals surface area contributed by atoms with Crippen molar-refractivity contribution < 1.29 is 25.9 Å². The molecule has 0 amide bonds. The summed E-state index contributed by atoms with van der Waals surface area (Å²) < 4.78 is 14.4. The van der Waals surface area contributed by atoms with Gasteiger partial charge in [-0.3, -0.25) is 0 Å². The van der Waals surface area contributed by atoms with Crippen molar-refractivity contribution in [2.45, 2.75) is 39.4 Å². The van der Waals surface area contributed by atoms with Crippen molar-refractivity contribution in [1.82, 2.24) is 9.97 Å². The van der Waals surface area contributed by atoms with E-state index in [2.05, 4.69) is 115 Å². The Bertz CT molecular complexity index is 2430. The largest absolute Gasteiger partial charge is 0.477 e. The van der Waals surface area contributed by atoms with Crippen LogP contribution in [-0.4, -0.2) is 18.0 Å². The van der Waals surface area contributed by atoms with Crippen LogP contribution in [0.15, 0.2) is 150 Å². The third-order valence-electron chi connectivity index (χ3n) is 8.93. The molecule has 8 rings (SSSR count). The van der Waals surface area contributed by atoms with Gasteiger partial charge in [0.05, 0.1) is 13.7 Å². The Morgan fingerprint density at radius 3 is 2.12 bits per heavy atom. The van der Waals surface area contributed by atoms with Gasteiger partial charge in [-0.2, -0.15) is 0 Å². The van der Waals surface area contributed by atoms with Gasteiger partial charge in [0, 0.05) is 33.9 Å². The maximum atomic E-state index is 8.29. The van der Waals surface area contributed by atoms with Crippen LogP contribution in [0.25, 0.3) is 66.7 Å². The average Bonchev–Trinajstić information content (AvgIpc) is 3.54. The molecule has 0 atom stereocenters. The summed E-state index contributed by atoms with van der Waals surface area (Å²) >= 11 is 0. The van der Waals surface area contributed by atoms with Crippen LogP contribution in [0.1, 0.15) is 26.7 Å². The zero-order valence-electron chi connectivity index (χ0n) is 30.5. The minimum Gasteiger partial charge on any atom is -0.477 e. The standard InChI is InChI=1S/C26H20NO.C20H20NSi.Ir/c1-17(2)19-13-14-27-23(15-19)20-11-12-22-25(16-20)28-24-10-6-9-21(26(22)24)18-7-4-3-5-8-18;1-22(2,3)19-12-13-20(21-15-19)18-11-7-10-17(14-18)16-8-5-4-6-9-16;/h3-15,17H,1-2H3;4-10,12-15H,1-3H3;/q2*-1;/i17D;;. The molecule has 0 aliphatic heterocycles. The molecular weight excluding hydrogens is 817 g/mol. The molecule has 0 unspecified atom stereocenters. The van der Waals surface area contributed by atoms with Crippen molar-refractivity contribution in [2.75, 3.05) is 0 Å². The van der Waals surface area contributed by atoms with Crippen LogP contribution in [0.3, 0.4) is 0 Å². The Morgan fingerprint density at radius 1 is 0.686 bits per heavy atom. The molecule has 3 heterocycles. The van der Waals surface area contributed by atoms with Crippen molar-refractivity contribution in [3.8, 4) is 44.8 Å². The molecule has 0 spiro atoms. The SMILES string of the molecule is C[Si](C)(C)c1ccc(-c2[c-]ccc(-c3ccccc3)c2)nc1.[2H]C(C)(C)c1ccnc(-c2[c-]c3oc4cccc(-c5ccccc5)c4c3cc2)c1.[Ir]. The average molecular weight is 858 g/mol. The number of fused-ring (bicyclic) bond motifs is 3. The first-order valence-electron chi connectivity index (χ1n) is 17.5. The number of benzene rings is 5. The van der Waals surface area contributed by atoms with Gasteiger partial charge in [0.15, 0.2) is 0 Å². The molecule has 0 saturated carbocycles. The molecule has 51 heavy (non-hydrogen) atoms. The molecule has 0 N–H and O–H groups in total. The minimum atomic E-state index is -1.29. The van der Waals surface area contributed by atoms with Gasteiger partial charge in [-0.15, -0.1) is 53.1 Å². The van der Waals surface area contributed by atoms with Crippen LogP contribution in [0.4, 0.5) is 0 Å². The topological polar surface area (TPSA) is 38.9 Å². The molecule has 255 valence electrons. The van der Waals surface area contributed by atoms with Crippen LogP contribution in [0, 0.1) is 12.1 Å². The molecule has 5 aromatic carbocycles. The number of pyridine rings is 2. The first-order valence-corrected chi connectivity index (χ1v) is 20.5. The quantitative estimate of drug-likeness (QED) is 0.124. The fourth-order valence-corrected chi connectivity index (χ4v) is 7.11. The molecule has 3 aromatic heterocycles. The van der Waals surface area contributed by atoms with Crippen molar-refractivity contribution in [3.05, 3.63) is 164 Å². The molecular formula is C46H40IrN2OSi-2. The van der Waals surface area contributed by atoms with Gasteiger partial charge in [-0.25, -0.2) is 0 Å². The number of furan rings is 1. The predicted octanol–water partition coefficient (Wildman–Crippen LogP) is 12.0. The second kappa shape index (κ2) is 15.5. The Balaban J connectivity index is 0.000000182. The summed E-state index contributed by atoms with van der Waals surface area (Å²) in [6.07, 6.45) is 3.79. The molecule has 0 aliphatic carbocycles. The van der Waals surface area contributed by atoms with Crippen LogP contribution < -0.4 is 5.19 Å². The van der Waals surface area contributed by atoms with E-state index in [1.807, 2.05) is 80.7 Å². The fourth-order valence-electron chi connectivity index (χ4n) is 6.07. The van der Waals surface area contributed by atoms with Crippen LogP contribution >= 0.6 is 0 Å². The maximum Gasteiger partial charge on any atom is 0.124 e. The van der Waals surface area contributed by atoms with E-state index in [1.54, 1.807) is 6.20 Å². The summed E-state index contributed by atoms with van der Waals surface area (Å²) in [6.45, 7) is 10.8. The van der Waals surface area contributed by atoms with E-state index in [0.29, 0.717) is 0 Å². The van der Waals surface area contributed by atoms with Gasteiger partial charge in [0.2, 0.25) is 0 Å². The van der Waals surface area contributed by atoms with Gasteiger partial charge in [-0.05, 0) is 56.7 Å². The molecule has 5 heteroatoms. The van der Waals surface area contributed by atoms with Crippen molar-refractivity contribution in [3.63, 3.8) is 0 Å². The van der Waals surface area contributed by atoms with Gasteiger partial charge >= 0.3 is 0 Å². The molecule has 0 fully saturated rings. The third-order valence-corrected chi connectivity index (χ3v) is 11.0.